The van der Waals surface area contributed by atoms with Crippen molar-refractivity contribution in [3.63, 3.8) is 0 Å². The van der Waals surface area contributed by atoms with Crippen LogP contribution in [0.15, 0.2) is 32.4 Å². The molecule has 0 saturated carbocycles. The lowest BCUT2D eigenvalue weighted by molar-refractivity contribution is -0.132. The molecule has 0 aromatic carbocycles. The van der Waals surface area contributed by atoms with Crippen LogP contribution in [0.4, 0.5) is 0 Å². The third-order valence-electron chi connectivity index (χ3n) is 5.37. The summed E-state index contributed by atoms with van der Waals surface area (Å²) in [5.41, 5.74) is -0.387. The van der Waals surface area contributed by atoms with Crippen LogP contribution in [0.3, 0.4) is 0 Å². The summed E-state index contributed by atoms with van der Waals surface area (Å²) < 4.78 is 7.45. The number of amides is 2. The van der Waals surface area contributed by atoms with Crippen LogP contribution in [0.2, 0.25) is 0 Å². The largest absolute Gasteiger partial charge is 0.459 e. The van der Waals surface area contributed by atoms with Crippen LogP contribution in [0, 0.1) is 0 Å². The molecule has 11 heteroatoms. The second-order valence-electron chi connectivity index (χ2n) is 7.24. The maximum absolute atomic E-state index is 12.6. The Hall–Kier alpha value is -3.63. The Labute approximate surface area is 170 Å². The summed E-state index contributed by atoms with van der Waals surface area (Å²) in [6.45, 7) is 1.77. The number of aryl methyl sites for hydroxylation is 2. The molecular formula is C19H22N6O5. The van der Waals surface area contributed by atoms with Crippen LogP contribution in [0.5, 0.6) is 0 Å². The van der Waals surface area contributed by atoms with Gasteiger partial charge in [0.05, 0.1) is 6.26 Å². The summed E-state index contributed by atoms with van der Waals surface area (Å²) in [6.07, 6.45) is 1.98. The number of fused-ring (bicyclic) bond motifs is 1. The second-order valence-corrected chi connectivity index (χ2v) is 7.24. The van der Waals surface area contributed by atoms with E-state index in [1.54, 1.807) is 29.0 Å². The minimum atomic E-state index is -0.455. The summed E-state index contributed by atoms with van der Waals surface area (Å²) >= 11 is 0. The van der Waals surface area contributed by atoms with Crippen LogP contribution < -0.4 is 11.2 Å². The van der Waals surface area contributed by atoms with E-state index in [1.165, 1.54) is 17.9 Å². The molecule has 11 nitrogen and oxygen atoms in total. The topological polar surface area (TPSA) is 126 Å². The minimum absolute atomic E-state index is 0.0534. The van der Waals surface area contributed by atoms with Crippen molar-refractivity contribution < 1.29 is 14.0 Å². The molecule has 158 valence electrons. The van der Waals surface area contributed by atoms with E-state index in [9.17, 15) is 19.2 Å². The van der Waals surface area contributed by atoms with E-state index in [4.69, 9.17) is 4.42 Å². The Bertz CT molecular complexity index is 1210. The van der Waals surface area contributed by atoms with Gasteiger partial charge < -0.3 is 19.2 Å². The van der Waals surface area contributed by atoms with Crippen LogP contribution in [0.1, 0.15) is 22.8 Å². The highest BCUT2D eigenvalue weighted by Gasteiger charge is 2.26. The molecule has 3 aromatic rings. The third-order valence-corrected chi connectivity index (χ3v) is 5.37. The fourth-order valence-corrected chi connectivity index (χ4v) is 3.59. The monoisotopic (exact) mass is 414 g/mol. The Morgan fingerprint density at radius 2 is 1.80 bits per heavy atom. The van der Waals surface area contributed by atoms with Gasteiger partial charge in [-0.3, -0.25) is 23.5 Å². The first-order valence-electron chi connectivity index (χ1n) is 9.62. The Morgan fingerprint density at radius 3 is 2.47 bits per heavy atom. The molecule has 1 aliphatic rings. The zero-order valence-electron chi connectivity index (χ0n) is 16.8. The highest BCUT2D eigenvalue weighted by Crippen LogP contribution is 2.12. The van der Waals surface area contributed by atoms with Gasteiger partial charge in [0.1, 0.15) is 11.3 Å². The van der Waals surface area contributed by atoms with Gasteiger partial charge in [0.25, 0.3) is 11.5 Å². The minimum Gasteiger partial charge on any atom is -0.459 e. The number of rotatable bonds is 4. The van der Waals surface area contributed by atoms with Gasteiger partial charge in [-0.2, -0.15) is 0 Å². The quantitative estimate of drug-likeness (QED) is 0.612. The lowest BCUT2D eigenvalue weighted by Gasteiger charge is -2.34. The molecule has 0 bridgehead atoms. The van der Waals surface area contributed by atoms with Gasteiger partial charge in [-0.05, 0) is 12.1 Å². The van der Waals surface area contributed by atoms with E-state index >= 15 is 0 Å². The number of furan rings is 1. The van der Waals surface area contributed by atoms with Crippen molar-refractivity contribution in [2.75, 3.05) is 26.2 Å². The first kappa shape index (κ1) is 19.7. The smallest absolute Gasteiger partial charge is 0.332 e. The summed E-state index contributed by atoms with van der Waals surface area (Å²) in [4.78, 5) is 59.7. The van der Waals surface area contributed by atoms with E-state index in [1.807, 2.05) is 0 Å². The van der Waals surface area contributed by atoms with Gasteiger partial charge in [0, 0.05) is 53.1 Å². The maximum atomic E-state index is 12.6. The SMILES string of the molecule is Cn1c(=O)c2[nH]c(CCC(=O)N3CCN(C(=O)c4ccco4)CC3)nc2n(C)c1=O. The van der Waals surface area contributed by atoms with Crippen LogP contribution in [-0.4, -0.2) is 66.9 Å². The Morgan fingerprint density at radius 1 is 1.10 bits per heavy atom. The highest BCUT2D eigenvalue weighted by molar-refractivity contribution is 5.91. The second kappa shape index (κ2) is 7.65. The number of imidazole rings is 1. The molecule has 1 aliphatic heterocycles. The molecule has 2 amide bonds. The standard InChI is InChI=1S/C19H22N6O5/c1-22-16-15(18(28)23(2)19(22)29)20-13(21-16)5-6-14(26)24-7-9-25(10-8-24)17(27)12-4-3-11-30-12/h3-4,11H,5-10H2,1-2H3,(H,20,21). The molecule has 0 radical (unpaired) electrons. The summed E-state index contributed by atoms with van der Waals surface area (Å²) in [5.74, 6) is 0.535. The number of aromatic amines is 1. The van der Waals surface area contributed by atoms with Crippen molar-refractivity contribution in [3.8, 4) is 0 Å². The molecule has 30 heavy (non-hydrogen) atoms. The Balaban J connectivity index is 1.37. The lowest BCUT2D eigenvalue weighted by atomic mass is 10.2. The number of nitrogens with one attached hydrogen (secondary N) is 1. The molecular weight excluding hydrogens is 392 g/mol. The van der Waals surface area contributed by atoms with E-state index in [-0.39, 0.29) is 29.4 Å². The molecule has 1 fully saturated rings. The van der Waals surface area contributed by atoms with Gasteiger partial charge >= 0.3 is 5.69 Å². The molecule has 1 N–H and O–H groups in total. The number of piperazine rings is 1. The third kappa shape index (κ3) is 3.42. The van der Waals surface area contributed by atoms with E-state index in [0.29, 0.717) is 44.2 Å². The number of aromatic nitrogens is 4. The normalized spacial score (nSPS) is 14.5. The first-order chi connectivity index (χ1) is 14.4. The average molecular weight is 414 g/mol. The average Bonchev–Trinajstić information content (AvgIpc) is 3.44. The van der Waals surface area contributed by atoms with Gasteiger partial charge in [0.15, 0.2) is 11.4 Å². The first-order valence-corrected chi connectivity index (χ1v) is 9.62. The molecule has 0 spiro atoms. The van der Waals surface area contributed by atoms with Crippen molar-refractivity contribution >= 4 is 23.0 Å². The Kier molecular flexibility index (Phi) is 5.02. The lowest BCUT2D eigenvalue weighted by Crippen LogP contribution is -2.50. The zero-order valence-corrected chi connectivity index (χ0v) is 16.8. The summed E-state index contributed by atoms with van der Waals surface area (Å²) in [6, 6.07) is 3.29. The summed E-state index contributed by atoms with van der Waals surface area (Å²) in [7, 11) is 2.95. The van der Waals surface area contributed by atoms with Crippen LogP contribution in [-0.2, 0) is 25.3 Å². The van der Waals surface area contributed by atoms with Crippen LogP contribution >= 0.6 is 0 Å². The number of H-pyrrole nitrogens is 1. The van der Waals surface area contributed by atoms with E-state index < -0.39 is 11.2 Å². The van der Waals surface area contributed by atoms with Gasteiger partial charge in [-0.1, -0.05) is 0 Å². The number of hydrogen-bond acceptors (Lipinski definition) is 6. The predicted octanol–water partition coefficient (Wildman–Crippen LogP) is -0.529. The number of nitrogens with zero attached hydrogens (tertiary/aromatic N) is 5. The number of carbonyl (C=O) groups excluding carboxylic acids is 2. The molecule has 1 saturated heterocycles. The van der Waals surface area contributed by atoms with Gasteiger partial charge in [-0.15, -0.1) is 0 Å². The zero-order chi connectivity index (χ0) is 21.4. The van der Waals surface area contributed by atoms with Gasteiger partial charge in [-0.25, -0.2) is 9.78 Å². The highest BCUT2D eigenvalue weighted by atomic mass is 16.3. The fraction of sp³-hybridized carbons (Fsp3) is 0.421. The maximum Gasteiger partial charge on any atom is 0.332 e. The number of carbonyl (C=O) groups is 2. The molecule has 3 aromatic heterocycles. The van der Waals surface area contributed by atoms with Crippen molar-refractivity contribution in [1.82, 2.24) is 28.9 Å². The molecule has 4 heterocycles. The predicted molar refractivity (Wildman–Crippen MR) is 106 cm³/mol. The molecule has 0 unspecified atom stereocenters. The molecule has 0 atom stereocenters. The summed E-state index contributed by atoms with van der Waals surface area (Å²) in [5, 5.41) is 0. The fourth-order valence-electron chi connectivity index (χ4n) is 3.59. The molecule has 4 rings (SSSR count). The van der Waals surface area contributed by atoms with Gasteiger partial charge in [0.2, 0.25) is 5.91 Å². The van der Waals surface area contributed by atoms with Crippen molar-refractivity contribution in [2.45, 2.75) is 12.8 Å². The van der Waals surface area contributed by atoms with Crippen molar-refractivity contribution in [3.05, 3.63) is 50.8 Å². The van der Waals surface area contributed by atoms with E-state index in [2.05, 4.69) is 9.97 Å². The van der Waals surface area contributed by atoms with Crippen molar-refractivity contribution in [2.24, 2.45) is 14.1 Å². The number of hydrogen-bond donors (Lipinski definition) is 1. The van der Waals surface area contributed by atoms with Crippen molar-refractivity contribution in [1.29, 1.82) is 0 Å². The molecule has 0 aliphatic carbocycles. The van der Waals surface area contributed by atoms with Crippen LogP contribution in [0.25, 0.3) is 11.2 Å². The van der Waals surface area contributed by atoms with E-state index in [0.717, 1.165) is 4.57 Å².